The minimum Gasteiger partial charge on any atom is -0.497 e. The van der Waals surface area contributed by atoms with Crippen LogP contribution in [0.3, 0.4) is 0 Å². The summed E-state index contributed by atoms with van der Waals surface area (Å²) in [7, 11) is 3.62. The van der Waals surface area contributed by atoms with E-state index >= 15 is 0 Å². The van der Waals surface area contributed by atoms with Gasteiger partial charge in [-0.1, -0.05) is 6.07 Å². The Morgan fingerprint density at radius 2 is 1.92 bits per heavy atom. The highest BCUT2D eigenvalue weighted by atomic mass is 16.5. The SMILES string of the molecule is COc1ccc(Oc2ccc(CN=C(N)N(C)C3CC3)cn2)cc1. The molecule has 1 aliphatic carbocycles. The second-order valence-electron chi connectivity index (χ2n) is 5.80. The van der Waals surface area contributed by atoms with Crippen molar-refractivity contribution in [2.24, 2.45) is 10.7 Å². The third-order valence-corrected chi connectivity index (χ3v) is 3.96. The van der Waals surface area contributed by atoms with E-state index in [1.807, 2.05) is 48.3 Å². The van der Waals surface area contributed by atoms with Crippen LogP contribution in [0.25, 0.3) is 0 Å². The molecule has 1 aliphatic rings. The molecule has 6 nitrogen and oxygen atoms in total. The molecular formula is C18H22N4O2. The van der Waals surface area contributed by atoms with Crippen molar-refractivity contribution < 1.29 is 9.47 Å². The van der Waals surface area contributed by atoms with Crippen molar-refractivity contribution in [3.63, 3.8) is 0 Å². The number of hydrogen-bond donors (Lipinski definition) is 1. The fourth-order valence-electron chi connectivity index (χ4n) is 2.26. The molecule has 0 spiro atoms. The quantitative estimate of drug-likeness (QED) is 0.653. The summed E-state index contributed by atoms with van der Waals surface area (Å²) >= 11 is 0. The molecule has 3 rings (SSSR count). The highest BCUT2D eigenvalue weighted by Gasteiger charge is 2.27. The molecule has 1 aromatic carbocycles. The Bertz CT molecular complexity index is 694. The third kappa shape index (κ3) is 4.16. The minimum absolute atomic E-state index is 0.513. The molecule has 0 aliphatic heterocycles. The molecule has 126 valence electrons. The van der Waals surface area contributed by atoms with Crippen LogP contribution in [0, 0.1) is 0 Å². The van der Waals surface area contributed by atoms with Crippen molar-refractivity contribution >= 4 is 5.96 Å². The number of nitrogens with two attached hydrogens (primary N) is 1. The number of nitrogens with zero attached hydrogens (tertiary/aromatic N) is 3. The molecule has 1 fully saturated rings. The van der Waals surface area contributed by atoms with Gasteiger partial charge in [0.2, 0.25) is 5.88 Å². The number of pyridine rings is 1. The Morgan fingerprint density at radius 1 is 1.21 bits per heavy atom. The van der Waals surface area contributed by atoms with Crippen LogP contribution in [0.2, 0.25) is 0 Å². The highest BCUT2D eigenvalue weighted by Crippen LogP contribution is 2.25. The lowest BCUT2D eigenvalue weighted by atomic mass is 10.3. The van der Waals surface area contributed by atoms with E-state index in [1.165, 1.54) is 12.8 Å². The van der Waals surface area contributed by atoms with Gasteiger partial charge in [0.15, 0.2) is 5.96 Å². The van der Waals surface area contributed by atoms with Crippen LogP contribution in [-0.2, 0) is 6.54 Å². The molecule has 1 aromatic heterocycles. The first kappa shape index (κ1) is 16.1. The Balaban J connectivity index is 1.57. The lowest BCUT2D eigenvalue weighted by Gasteiger charge is -2.16. The Labute approximate surface area is 141 Å². The van der Waals surface area contributed by atoms with Gasteiger partial charge in [0.05, 0.1) is 13.7 Å². The number of hydrogen-bond acceptors (Lipinski definition) is 4. The van der Waals surface area contributed by atoms with Crippen LogP contribution in [0.5, 0.6) is 17.4 Å². The predicted molar refractivity (Wildman–Crippen MR) is 93.4 cm³/mol. The first-order chi connectivity index (χ1) is 11.7. The molecule has 2 aromatic rings. The van der Waals surface area contributed by atoms with Gasteiger partial charge in [0.1, 0.15) is 11.5 Å². The smallest absolute Gasteiger partial charge is 0.219 e. The normalized spacial score (nSPS) is 14.3. The molecule has 6 heteroatoms. The van der Waals surface area contributed by atoms with Gasteiger partial charge in [-0.25, -0.2) is 9.98 Å². The number of guanidine groups is 1. The lowest BCUT2D eigenvalue weighted by molar-refractivity contribution is 0.412. The maximum atomic E-state index is 5.98. The van der Waals surface area contributed by atoms with Crippen molar-refractivity contribution in [2.45, 2.75) is 25.4 Å². The predicted octanol–water partition coefficient (Wildman–Crippen LogP) is 2.79. The van der Waals surface area contributed by atoms with E-state index in [2.05, 4.69) is 9.98 Å². The zero-order valence-corrected chi connectivity index (χ0v) is 14.0. The molecule has 0 atom stereocenters. The monoisotopic (exact) mass is 326 g/mol. The molecule has 24 heavy (non-hydrogen) atoms. The van der Waals surface area contributed by atoms with Crippen molar-refractivity contribution in [1.29, 1.82) is 0 Å². The van der Waals surface area contributed by atoms with Crippen molar-refractivity contribution in [3.8, 4) is 17.4 Å². The number of aromatic nitrogens is 1. The second kappa shape index (κ2) is 7.21. The summed E-state index contributed by atoms with van der Waals surface area (Å²) in [6.07, 6.45) is 4.16. The van der Waals surface area contributed by atoms with Gasteiger partial charge < -0.3 is 20.1 Å². The van der Waals surface area contributed by atoms with Crippen LogP contribution in [-0.4, -0.2) is 36.0 Å². The molecule has 0 saturated heterocycles. The van der Waals surface area contributed by atoms with Gasteiger partial charge in [-0.05, 0) is 42.7 Å². The standard InChI is InChI=1S/C18H22N4O2/c1-22(14-4-5-14)18(19)21-12-13-3-10-17(20-11-13)24-16-8-6-15(23-2)7-9-16/h3,6-11,14H,4-5,12H2,1-2H3,(H2,19,21). The zero-order chi connectivity index (χ0) is 16.9. The van der Waals surface area contributed by atoms with E-state index < -0.39 is 0 Å². The van der Waals surface area contributed by atoms with Crippen molar-refractivity contribution in [2.75, 3.05) is 14.2 Å². The number of ether oxygens (including phenoxy) is 2. The Hall–Kier alpha value is -2.76. The number of aliphatic imine (C=N–C) groups is 1. The largest absolute Gasteiger partial charge is 0.497 e. The maximum absolute atomic E-state index is 5.98. The van der Waals surface area contributed by atoms with Crippen molar-refractivity contribution in [3.05, 3.63) is 48.2 Å². The number of methoxy groups -OCH3 is 1. The van der Waals surface area contributed by atoms with E-state index in [1.54, 1.807) is 13.3 Å². The molecule has 2 N–H and O–H groups in total. The van der Waals surface area contributed by atoms with E-state index in [0.717, 1.165) is 11.3 Å². The third-order valence-electron chi connectivity index (χ3n) is 3.96. The van der Waals surface area contributed by atoms with Gasteiger partial charge in [-0.3, -0.25) is 0 Å². The van der Waals surface area contributed by atoms with Crippen LogP contribution >= 0.6 is 0 Å². The summed E-state index contributed by atoms with van der Waals surface area (Å²) in [5.41, 5.74) is 6.97. The number of benzene rings is 1. The zero-order valence-electron chi connectivity index (χ0n) is 14.0. The Kier molecular flexibility index (Phi) is 4.84. The number of rotatable bonds is 6. The first-order valence-electron chi connectivity index (χ1n) is 7.95. The topological polar surface area (TPSA) is 73.0 Å². The van der Waals surface area contributed by atoms with Crippen LogP contribution in [0.4, 0.5) is 0 Å². The van der Waals surface area contributed by atoms with Crippen LogP contribution in [0.1, 0.15) is 18.4 Å². The summed E-state index contributed by atoms with van der Waals surface area (Å²) in [5, 5.41) is 0. The molecule has 1 heterocycles. The van der Waals surface area contributed by atoms with E-state index in [-0.39, 0.29) is 0 Å². The molecule has 1 saturated carbocycles. The first-order valence-corrected chi connectivity index (χ1v) is 7.95. The summed E-state index contributed by atoms with van der Waals surface area (Å²) in [5.74, 6) is 2.62. The summed E-state index contributed by atoms with van der Waals surface area (Å²) in [4.78, 5) is 10.8. The minimum atomic E-state index is 0.513. The average molecular weight is 326 g/mol. The molecule has 0 unspecified atom stereocenters. The fourth-order valence-corrected chi connectivity index (χ4v) is 2.26. The highest BCUT2D eigenvalue weighted by molar-refractivity contribution is 5.78. The van der Waals surface area contributed by atoms with Gasteiger partial charge in [0.25, 0.3) is 0 Å². The fraction of sp³-hybridized carbons (Fsp3) is 0.333. The van der Waals surface area contributed by atoms with E-state index in [9.17, 15) is 0 Å². The summed E-state index contributed by atoms with van der Waals surface area (Å²) in [6.45, 7) is 0.513. The second-order valence-corrected chi connectivity index (χ2v) is 5.80. The molecular weight excluding hydrogens is 304 g/mol. The molecule has 0 bridgehead atoms. The van der Waals surface area contributed by atoms with Gasteiger partial charge in [-0.15, -0.1) is 0 Å². The van der Waals surface area contributed by atoms with E-state index in [4.69, 9.17) is 15.2 Å². The average Bonchev–Trinajstić information content (AvgIpc) is 3.46. The summed E-state index contributed by atoms with van der Waals surface area (Å²) < 4.78 is 10.8. The lowest BCUT2D eigenvalue weighted by Crippen LogP contribution is -2.35. The maximum Gasteiger partial charge on any atom is 0.219 e. The van der Waals surface area contributed by atoms with Crippen LogP contribution in [0.15, 0.2) is 47.6 Å². The van der Waals surface area contributed by atoms with Crippen molar-refractivity contribution in [1.82, 2.24) is 9.88 Å². The van der Waals surface area contributed by atoms with Gasteiger partial charge in [-0.2, -0.15) is 0 Å². The van der Waals surface area contributed by atoms with Crippen LogP contribution < -0.4 is 15.2 Å². The Morgan fingerprint density at radius 3 is 2.50 bits per heavy atom. The molecule has 0 radical (unpaired) electrons. The molecule has 0 amide bonds. The van der Waals surface area contributed by atoms with E-state index in [0.29, 0.717) is 30.2 Å². The summed E-state index contributed by atoms with van der Waals surface area (Å²) in [6, 6.07) is 11.7. The van der Waals surface area contributed by atoms with Gasteiger partial charge >= 0.3 is 0 Å². The van der Waals surface area contributed by atoms with Gasteiger partial charge in [0, 0.05) is 25.4 Å².